The molecule has 1 aromatic carbocycles. The maximum Gasteiger partial charge on any atom is 0.401 e. The first-order valence-corrected chi connectivity index (χ1v) is 5.87. The fraction of sp³-hybridized carbons (Fsp3) is 0.455. The van der Waals surface area contributed by atoms with Gasteiger partial charge in [0.05, 0.1) is 6.54 Å². The third kappa shape index (κ3) is 4.95. The first-order chi connectivity index (χ1) is 7.81. The van der Waals surface area contributed by atoms with Crippen molar-refractivity contribution in [1.29, 1.82) is 0 Å². The van der Waals surface area contributed by atoms with Gasteiger partial charge >= 0.3 is 6.18 Å². The van der Waals surface area contributed by atoms with Crippen LogP contribution in [0.3, 0.4) is 0 Å². The third-order valence-electron chi connectivity index (χ3n) is 2.27. The van der Waals surface area contributed by atoms with Crippen LogP contribution in [0.15, 0.2) is 22.7 Å². The molecule has 0 saturated carbocycles. The maximum absolute atomic E-state index is 12.3. The molecular formula is C11H13BrF3NO. The Bertz CT molecular complexity index is 381. The molecular weight excluding hydrogens is 299 g/mol. The zero-order valence-corrected chi connectivity index (χ0v) is 10.8. The summed E-state index contributed by atoms with van der Waals surface area (Å²) in [5.74, 6) is 0.0475. The molecule has 2 nitrogen and oxygen atoms in total. The van der Waals surface area contributed by atoms with Crippen LogP contribution in [-0.2, 0) is 6.54 Å². The summed E-state index contributed by atoms with van der Waals surface area (Å²) in [6.07, 6.45) is -4.21. The second-order valence-electron chi connectivity index (χ2n) is 3.69. The molecule has 0 atom stereocenters. The number of phenols is 1. The maximum atomic E-state index is 12.3. The highest BCUT2D eigenvalue weighted by atomic mass is 79.9. The van der Waals surface area contributed by atoms with Crippen molar-refractivity contribution in [3.05, 3.63) is 28.2 Å². The van der Waals surface area contributed by atoms with E-state index in [-0.39, 0.29) is 12.3 Å². The summed E-state index contributed by atoms with van der Waals surface area (Å²) in [7, 11) is 0. The molecule has 1 N–H and O–H groups in total. The quantitative estimate of drug-likeness (QED) is 0.919. The molecule has 0 aliphatic heterocycles. The fourth-order valence-electron chi connectivity index (χ4n) is 1.46. The summed E-state index contributed by atoms with van der Waals surface area (Å²) in [6, 6.07) is 4.56. The Morgan fingerprint density at radius 3 is 2.53 bits per heavy atom. The molecule has 6 heteroatoms. The summed E-state index contributed by atoms with van der Waals surface area (Å²) in [4.78, 5) is 1.26. The van der Waals surface area contributed by atoms with Crippen molar-refractivity contribution >= 4 is 15.9 Å². The average Bonchev–Trinajstić information content (AvgIpc) is 2.20. The van der Waals surface area contributed by atoms with Gasteiger partial charge in [-0.1, -0.05) is 22.9 Å². The number of phenolic OH excluding ortho intramolecular Hbond substituents is 1. The van der Waals surface area contributed by atoms with E-state index in [2.05, 4.69) is 15.9 Å². The minimum atomic E-state index is -4.21. The van der Waals surface area contributed by atoms with E-state index in [0.29, 0.717) is 16.6 Å². The predicted octanol–water partition coefficient (Wildman–Crippen LogP) is 3.54. The predicted molar refractivity (Wildman–Crippen MR) is 62.8 cm³/mol. The molecule has 1 rings (SSSR count). The summed E-state index contributed by atoms with van der Waals surface area (Å²) in [5.41, 5.74) is 0.635. The monoisotopic (exact) mass is 311 g/mol. The van der Waals surface area contributed by atoms with Gasteiger partial charge in [0.1, 0.15) is 5.75 Å². The Hall–Kier alpha value is -0.750. The zero-order valence-electron chi connectivity index (χ0n) is 9.26. The Morgan fingerprint density at radius 2 is 2.00 bits per heavy atom. The number of hydrogen-bond donors (Lipinski definition) is 1. The number of halogens is 4. The van der Waals surface area contributed by atoms with Gasteiger partial charge < -0.3 is 5.11 Å². The second kappa shape index (κ2) is 5.73. The molecule has 0 aromatic heterocycles. The van der Waals surface area contributed by atoms with Crippen molar-refractivity contribution in [2.75, 3.05) is 13.1 Å². The molecule has 0 aliphatic rings. The number of alkyl halides is 3. The van der Waals surface area contributed by atoms with E-state index in [4.69, 9.17) is 0 Å². The van der Waals surface area contributed by atoms with E-state index in [9.17, 15) is 18.3 Å². The highest BCUT2D eigenvalue weighted by Crippen LogP contribution is 2.24. The molecule has 0 bridgehead atoms. The number of rotatable bonds is 4. The minimum absolute atomic E-state index is 0.0475. The first-order valence-electron chi connectivity index (χ1n) is 5.08. The number of aromatic hydroxyl groups is 1. The lowest BCUT2D eigenvalue weighted by Gasteiger charge is -2.22. The smallest absolute Gasteiger partial charge is 0.401 e. The topological polar surface area (TPSA) is 23.5 Å². The number of benzene rings is 1. The van der Waals surface area contributed by atoms with Gasteiger partial charge in [0.2, 0.25) is 0 Å². The van der Waals surface area contributed by atoms with Gasteiger partial charge in [-0.05, 0) is 30.3 Å². The van der Waals surface area contributed by atoms with Gasteiger partial charge in [-0.15, -0.1) is 0 Å². The van der Waals surface area contributed by atoms with Crippen LogP contribution in [0.2, 0.25) is 0 Å². The van der Waals surface area contributed by atoms with Crippen molar-refractivity contribution in [2.24, 2.45) is 0 Å². The van der Waals surface area contributed by atoms with Crippen LogP contribution < -0.4 is 0 Å². The Labute approximate surface area is 106 Å². The van der Waals surface area contributed by atoms with E-state index in [1.54, 1.807) is 13.0 Å². The molecule has 0 fully saturated rings. The lowest BCUT2D eigenvalue weighted by molar-refractivity contribution is -0.146. The highest BCUT2D eigenvalue weighted by Gasteiger charge is 2.30. The van der Waals surface area contributed by atoms with Crippen LogP contribution in [-0.4, -0.2) is 29.3 Å². The minimum Gasteiger partial charge on any atom is -0.508 e. The SMILES string of the molecule is CCN(Cc1cc(O)ccc1Br)CC(F)(F)F. The van der Waals surface area contributed by atoms with Crippen LogP contribution >= 0.6 is 15.9 Å². The van der Waals surface area contributed by atoms with Gasteiger partial charge in [-0.3, -0.25) is 4.90 Å². The molecule has 0 aliphatic carbocycles. The Morgan fingerprint density at radius 1 is 1.35 bits per heavy atom. The van der Waals surface area contributed by atoms with Crippen LogP contribution in [0, 0.1) is 0 Å². The summed E-state index contributed by atoms with van der Waals surface area (Å²) in [6.45, 7) is 1.15. The van der Waals surface area contributed by atoms with E-state index >= 15 is 0 Å². The molecule has 0 heterocycles. The van der Waals surface area contributed by atoms with E-state index in [1.165, 1.54) is 17.0 Å². The second-order valence-corrected chi connectivity index (χ2v) is 4.55. The first kappa shape index (κ1) is 14.3. The number of hydrogen-bond acceptors (Lipinski definition) is 2. The summed E-state index contributed by atoms with van der Waals surface area (Å²) < 4.78 is 37.5. The lowest BCUT2D eigenvalue weighted by atomic mass is 10.2. The van der Waals surface area contributed by atoms with E-state index in [1.807, 2.05) is 0 Å². The zero-order chi connectivity index (χ0) is 13.1. The van der Waals surface area contributed by atoms with Crippen molar-refractivity contribution in [3.8, 4) is 5.75 Å². The highest BCUT2D eigenvalue weighted by molar-refractivity contribution is 9.10. The van der Waals surface area contributed by atoms with Crippen LogP contribution in [0.4, 0.5) is 13.2 Å². The lowest BCUT2D eigenvalue weighted by Crippen LogP contribution is -2.33. The molecule has 0 spiro atoms. The Kier molecular flexibility index (Phi) is 4.82. The largest absolute Gasteiger partial charge is 0.508 e. The molecule has 0 saturated heterocycles. The van der Waals surface area contributed by atoms with Gasteiger partial charge in [0.25, 0.3) is 0 Å². The van der Waals surface area contributed by atoms with Gasteiger partial charge in [0.15, 0.2) is 0 Å². The van der Waals surface area contributed by atoms with Crippen LogP contribution in [0.5, 0.6) is 5.75 Å². The molecule has 1 aromatic rings. The van der Waals surface area contributed by atoms with Gasteiger partial charge in [0, 0.05) is 11.0 Å². The third-order valence-corrected chi connectivity index (χ3v) is 3.05. The molecule has 0 unspecified atom stereocenters. The molecule has 17 heavy (non-hydrogen) atoms. The van der Waals surface area contributed by atoms with E-state index < -0.39 is 12.7 Å². The van der Waals surface area contributed by atoms with Crippen molar-refractivity contribution in [1.82, 2.24) is 4.90 Å². The Balaban J connectivity index is 2.77. The molecule has 0 radical (unpaired) electrons. The van der Waals surface area contributed by atoms with Crippen molar-refractivity contribution in [2.45, 2.75) is 19.6 Å². The van der Waals surface area contributed by atoms with E-state index in [0.717, 1.165) is 0 Å². The normalized spacial score (nSPS) is 12.1. The van der Waals surface area contributed by atoms with Crippen LogP contribution in [0.25, 0.3) is 0 Å². The van der Waals surface area contributed by atoms with Crippen molar-refractivity contribution in [3.63, 3.8) is 0 Å². The molecule has 0 amide bonds. The van der Waals surface area contributed by atoms with Gasteiger partial charge in [-0.25, -0.2) is 0 Å². The van der Waals surface area contributed by atoms with Crippen LogP contribution in [0.1, 0.15) is 12.5 Å². The number of nitrogens with zero attached hydrogens (tertiary/aromatic N) is 1. The summed E-state index contributed by atoms with van der Waals surface area (Å²) in [5, 5.41) is 9.29. The average molecular weight is 312 g/mol. The molecule has 96 valence electrons. The fourth-order valence-corrected chi connectivity index (χ4v) is 1.83. The van der Waals surface area contributed by atoms with Gasteiger partial charge in [-0.2, -0.15) is 13.2 Å². The van der Waals surface area contributed by atoms with Crippen molar-refractivity contribution < 1.29 is 18.3 Å². The summed E-state index contributed by atoms with van der Waals surface area (Å²) >= 11 is 3.25. The standard InChI is InChI=1S/C11H13BrF3NO/c1-2-16(7-11(13,14)15)6-8-5-9(17)3-4-10(8)12/h3-5,17H,2,6-7H2,1H3.